The Morgan fingerprint density at radius 2 is 1.94 bits per heavy atom. The van der Waals surface area contributed by atoms with Crippen LogP contribution in [0.5, 0.6) is 0 Å². The van der Waals surface area contributed by atoms with Gasteiger partial charge in [-0.1, -0.05) is 29.8 Å². The van der Waals surface area contributed by atoms with E-state index in [-0.39, 0.29) is 0 Å². The molecular formula is C12H14ClNO2. The quantitative estimate of drug-likeness (QED) is 0.818. The molecule has 1 aromatic rings. The predicted octanol–water partition coefficient (Wildman–Crippen LogP) is 3.20. The third-order valence-electron chi connectivity index (χ3n) is 3.11. The van der Waals surface area contributed by atoms with Crippen LogP contribution in [0.2, 0.25) is 5.02 Å². The average molecular weight is 240 g/mol. The maximum Gasteiger partial charge on any atom is 0.407 e. The molecular weight excluding hydrogens is 226 g/mol. The molecule has 1 saturated heterocycles. The number of likely N-dealkylation sites (tertiary alicyclic amines) is 1. The van der Waals surface area contributed by atoms with Gasteiger partial charge in [-0.25, -0.2) is 4.79 Å². The maximum atomic E-state index is 10.8. The Morgan fingerprint density at radius 1 is 1.31 bits per heavy atom. The Bertz CT molecular complexity index is 386. The highest BCUT2D eigenvalue weighted by Gasteiger charge is 2.24. The molecule has 0 atom stereocenters. The minimum atomic E-state index is -0.822. The van der Waals surface area contributed by atoms with Crippen molar-refractivity contribution in [3.05, 3.63) is 34.9 Å². The minimum Gasteiger partial charge on any atom is -0.465 e. The molecule has 0 aliphatic carbocycles. The van der Waals surface area contributed by atoms with Crippen molar-refractivity contribution < 1.29 is 9.90 Å². The van der Waals surface area contributed by atoms with Crippen molar-refractivity contribution in [2.75, 3.05) is 13.1 Å². The van der Waals surface area contributed by atoms with Crippen LogP contribution in [0.15, 0.2) is 24.3 Å². The zero-order valence-electron chi connectivity index (χ0n) is 8.90. The number of benzene rings is 1. The normalized spacial score (nSPS) is 17.4. The van der Waals surface area contributed by atoms with Crippen LogP contribution in [0.3, 0.4) is 0 Å². The first-order chi connectivity index (χ1) is 7.68. The summed E-state index contributed by atoms with van der Waals surface area (Å²) in [6.07, 6.45) is 0.893. The van der Waals surface area contributed by atoms with Crippen molar-refractivity contribution in [3.8, 4) is 0 Å². The summed E-state index contributed by atoms with van der Waals surface area (Å²) < 4.78 is 0. The van der Waals surface area contributed by atoms with Crippen LogP contribution in [0.4, 0.5) is 4.79 Å². The van der Waals surface area contributed by atoms with Gasteiger partial charge in [-0.3, -0.25) is 0 Å². The number of rotatable bonds is 1. The van der Waals surface area contributed by atoms with Gasteiger partial charge in [0.05, 0.1) is 0 Å². The van der Waals surface area contributed by atoms with Crippen molar-refractivity contribution in [2.24, 2.45) is 0 Å². The fourth-order valence-electron chi connectivity index (χ4n) is 2.19. The van der Waals surface area contributed by atoms with Crippen molar-refractivity contribution in [2.45, 2.75) is 18.8 Å². The molecule has 1 aromatic carbocycles. The Labute approximate surface area is 99.6 Å². The first-order valence-corrected chi connectivity index (χ1v) is 5.78. The van der Waals surface area contributed by atoms with Crippen LogP contribution in [0.1, 0.15) is 24.3 Å². The Balaban J connectivity index is 2.05. The second-order valence-corrected chi connectivity index (χ2v) is 4.47. The van der Waals surface area contributed by atoms with Gasteiger partial charge in [-0.05, 0) is 30.4 Å². The van der Waals surface area contributed by atoms with E-state index in [9.17, 15) is 4.79 Å². The molecule has 1 N–H and O–H groups in total. The summed E-state index contributed by atoms with van der Waals surface area (Å²) in [4.78, 5) is 12.2. The van der Waals surface area contributed by atoms with E-state index < -0.39 is 6.09 Å². The summed E-state index contributed by atoms with van der Waals surface area (Å²) in [5.41, 5.74) is 1.15. The van der Waals surface area contributed by atoms with Crippen LogP contribution in [-0.2, 0) is 0 Å². The van der Waals surface area contributed by atoms with Gasteiger partial charge in [-0.15, -0.1) is 0 Å². The average Bonchev–Trinajstić information content (AvgIpc) is 2.30. The zero-order valence-corrected chi connectivity index (χ0v) is 9.65. The molecule has 0 unspecified atom stereocenters. The molecule has 4 heteroatoms. The van der Waals surface area contributed by atoms with Gasteiger partial charge in [0, 0.05) is 18.1 Å². The van der Waals surface area contributed by atoms with E-state index in [2.05, 4.69) is 0 Å². The molecule has 0 aromatic heterocycles. The number of nitrogens with zero attached hydrogens (tertiary/aromatic N) is 1. The molecule has 0 spiro atoms. The van der Waals surface area contributed by atoms with Crippen LogP contribution >= 0.6 is 11.6 Å². The SMILES string of the molecule is O=C(O)N1CCC(c2ccccc2Cl)CC1. The third kappa shape index (κ3) is 2.30. The lowest BCUT2D eigenvalue weighted by Crippen LogP contribution is -2.36. The highest BCUT2D eigenvalue weighted by Crippen LogP contribution is 2.32. The van der Waals surface area contributed by atoms with Gasteiger partial charge in [0.25, 0.3) is 0 Å². The van der Waals surface area contributed by atoms with Gasteiger partial charge in [-0.2, -0.15) is 0 Å². The topological polar surface area (TPSA) is 40.5 Å². The predicted molar refractivity (Wildman–Crippen MR) is 63.0 cm³/mol. The lowest BCUT2D eigenvalue weighted by Gasteiger charge is -2.30. The maximum absolute atomic E-state index is 10.8. The largest absolute Gasteiger partial charge is 0.465 e. The van der Waals surface area contributed by atoms with Gasteiger partial charge in [0.1, 0.15) is 0 Å². The molecule has 86 valence electrons. The fourth-order valence-corrected chi connectivity index (χ4v) is 2.48. The Kier molecular flexibility index (Phi) is 3.34. The number of hydrogen-bond acceptors (Lipinski definition) is 1. The van der Waals surface area contributed by atoms with Crippen LogP contribution in [0.25, 0.3) is 0 Å². The standard InChI is InChI=1S/C12H14ClNO2/c13-11-4-2-1-3-10(11)9-5-7-14(8-6-9)12(15)16/h1-4,9H,5-8H2,(H,15,16). The van der Waals surface area contributed by atoms with E-state index >= 15 is 0 Å². The second kappa shape index (κ2) is 4.74. The van der Waals surface area contributed by atoms with Gasteiger partial charge >= 0.3 is 6.09 Å². The molecule has 1 amide bonds. The van der Waals surface area contributed by atoms with E-state index in [1.165, 1.54) is 4.90 Å². The number of halogens is 1. The summed E-state index contributed by atoms with van der Waals surface area (Å²) in [6.45, 7) is 1.20. The first kappa shape index (κ1) is 11.3. The monoisotopic (exact) mass is 239 g/mol. The number of hydrogen-bond donors (Lipinski definition) is 1. The molecule has 3 nitrogen and oxygen atoms in total. The van der Waals surface area contributed by atoms with Crippen molar-refractivity contribution in [3.63, 3.8) is 0 Å². The summed E-state index contributed by atoms with van der Waals surface area (Å²) in [7, 11) is 0. The van der Waals surface area contributed by atoms with Crippen molar-refractivity contribution >= 4 is 17.7 Å². The number of carboxylic acid groups (broad SMARTS) is 1. The number of amides is 1. The lowest BCUT2D eigenvalue weighted by atomic mass is 9.89. The summed E-state index contributed by atoms with van der Waals surface area (Å²) in [5.74, 6) is 0.393. The molecule has 0 bridgehead atoms. The van der Waals surface area contributed by atoms with Gasteiger partial charge in [0.15, 0.2) is 0 Å². The molecule has 1 aliphatic rings. The molecule has 1 aliphatic heterocycles. The molecule has 0 saturated carbocycles. The Morgan fingerprint density at radius 3 is 2.50 bits per heavy atom. The highest BCUT2D eigenvalue weighted by atomic mass is 35.5. The number of piperidine rings is 1. The third-order valence-corrected chi connectivity index (χ3v) is 3.45. The highest BCUT2D eigenvalue weighted by molar-refractivity contribution is 6.31. The van der Waals surface area contributed by atoms with Crippen LogP contribution in [0, 0.1) is 0 Å². The van der Waals surface area contributed by atoms with E-state index in [0.717, 1.165) is 23.4 Å². The van der Waals surface area contributed by atoms with Gasteiger partial charge in [0.2, 0.25) is 0 Å². The van der Waals surface area contributed by atoms with Crippen LogP contribution in [-0.4, -0.2) is 29.2 Å². The smallest absolute Gasteiger partial charge is 0.407 e. The summed E-state index contributed by atoms with van der Waals surface area (Å²) >= 11 is 6.13. The van der Waals surface area contributed by atoms with Crippen molar-refractivity contribution in [1.82, 2.24) is 4.90 Å². The van der Waals surface area contributed by atoms with E-state index in [4.69, 9.17) is 16.7 Å². The van der Waals surface area contributed by atoms with E-state index in [0.29, 0.717) is 19.0 Å². The number of carbonyl (C=O) groups is 1. The molecule has 0 radical (unpaired) electrons. The van der Waals surface area contributed by atoms with Crippen LogP contribution < -0.4 is 0 Å². The zero-order chi connectivity index (χ0) is 11.5. The Hall–Kier alpha value is -1.22. The molecule has 1 heterocycles. The molecule has 2 rings (SSSR count). The van der Waals surface area contributed by atoms with Gasteiger partial charge < -0.3 is 10.0 Å². The fraction of sp³-hybridized carbons (Fsp3) is 0.417. The van der Waals surface area contributed by atoms with E-state index in [1.54, 1.807) is 0 Å². The minimum absolute atomic E-state index is 0.393. The van der Waals surface area contributed by atoms with Crippen molar-refractivity contribution in [1.29, 1.82) is 0 Å². The van der Waals surface area contributed by atoms with E-state index in [1.807, 2.05) is 24.3 Å². The first-order valence-electron chi connectivity index (χ1n) is 5.41. The summed E-state index contributed by atoms with van der Waals surface area (Å²) in [6, 6.07) is 7.81. The lowest BCUT2D eigenvalue weighted by molar-refractivity contribution is 0.132. The molecule has 1 fully saturated rings. The molecule has 16 heavy (non-hydrogen) atoms. The second-order valence-electron chi connectivity index (χ2n) is 4.07. The summed E-state index contributed by atoms with van der Waals surface area (Å²) in [5, 5.41) is 9.64.